The zero-order valence-electron chi connectivity index (χ0n) is 17.3. The molecule has 0 aliphatic heterocycles. The van der Waals surface area contributed by atoms with Gasteiger partial charge in [0.2, 0.25) is 5.89 Å². The maximum atomic E-state index is 5.81. The van der Waals surface area contributed by atoms with Crippen molar-refractivity contribution in [3.8, 4) is 5.75 Å². The number of guanidine groups is 1. The fraction of sp³-hybridized carbons (Fsp3) is 0.524. The molecule has 0 unspecified atom stereocenters. The summed E-state index contributed by atoms with van der Waals surface area (Å²) in [7, 11) is 0. The largest absolute Gasteiger partial charge is 0.492 e. The van der Waals surface area contributed by atoms with Crippen LogP contribution in [0.2, 0.25) is 0 Å². The maximum absolute atomic E-state index is 5.81. The molecule has 2 aromatic rings. The summed E-state index contributed by atoms with van der Waals surface area (Å²) in [5.74, 6) is 3.05. The summed E-state index contributed by atoms with van der Waals surface area (Å²) in [6.07, 6.45) is 0. The highest BCUT2D eigenvalue weighted by molar-refractivity contribution is 5.79. The molecule has 2 N–H and O–H groups in total. The van der Waals surface area contributed by atoms with Crippen molar-refractivity contribution in [1.29, 1.82) is 0 Å². The van der Waals surface area contributed by atoms with Gasteiger partial charge < -0.3 is 19.8 Å². The molecule has 0 radical (unpaired) electrons. The van der Waals surface area contributed by atoms with Crippen LogP contribution in [0.4, 0.5) is 0 Å². The second-order valence-electron chi connectivity index (χ2n) is 7.49. The Labute approximate surface area is 162 Å². The molecule has 0 aliphatic carbocycles. The fourth-order valence-electron chi connectivity index (χ4n) is 2.48. The summed E-state index contributed by atoms with van der Waals surface area (Å²) >= 11 is 0. The lowest BCUT2D eigenvalue weighted by Gasteiger charge is -2.19. The number of nitrogens with one attached hydrogen (secondary N) is 2. The molecule has 1 aromatic carbocycles. The van der Waals surface area contributed by atoms with Gasteiger partial charge >= 0.3 is 0 Å². The van der Waals surface area contributed by atoms with Crippen molar-refractivity contribution in [2.24, 2.45) is 4.99 Å². The molecule has 0 fully saturated rings. The number of aliphatic imine (C=N–C) groups is 1. The molecule has 0 spiro atoms. The lowest BCUT2D eigenvalue weighted by molar-refractivity contribution is 0.321. The van der Waals surface area contributed by atoms with Gasteiger partial charge in [0.15, 0.2) is 5.96 Å². The summed E-state index contributed by atoms with van der Waals surface area (Å²) < 4.78 is 11.4. The number of hydrogen-bond acceptors (Lipinski definition) is 4. The van der Waals surface area contributed by atoms with Crippen LogP contribution in [-0.4, -0.2) is 30.6 Å². The Hall–Kier alpha value is -2.50. The van der Waals surface area contributed by atoms with Crippen molar-refractivity contribution in [1.82, 2.24) is 15.6 Å². The topological polar surface area (TPSA) is 71.7 Å². The van der Waals surface area contributed by atoms with E-state index >= 15 is 0 Å². The summed E-state index contributed by atoms with van der Waals surface area (Å²) in [6.45, 7) is 14.9. The van der Waals surface area contributed by atoms with Crippen LogP contribution in [0.5, 0.6) is 5.75 Å². The average molecular weight is 373 g/mol. The quantitative estimate of drug-likeness (QED) is 0.440. The summed E-state index contributed by atoms with van der Waals surface area (Å²) in [4.78, 5) is 8.85. The molecule has 6 heteroatoms. The molecule has 0 bridgehead atoms. The molecule has 27 heavy (non-hydrogen) atoms. The molecule has 6 nitrogen and oxygen atoms in total. The summed E-state index contributed by atoms with van der Waals surface area (Å²) in [5.41, 5.74) is 2.35. The normalized spacial score (nSPS) is 12.1. The third-order valence-corrected chi connectivity index (χ3v) is 4.17. The Bertz CT molecular complexity index is 723. The van der Waals surface area contributed by atoms with Crippen molar-refractivity contribution in [2.75, 3.05) is 19.7 Å². The lowest BCUT2D eigenvalue weighted by atomic mass is 9.87. The van der Waals surface area contributed by atoms with Gasteiger partial charge in [-0.15, -0.1) is 0 Å². The highest BCUT2D eigenvalue weighted by Crippen LogP contribution is 2.24. The van der Waals surface area contributed by atoms with Crippen molar-refractivity contribution in [3.05, 3.63) is 47.2 Å². The average Bonchev–Trinajstić information content (AvgIpc) is 2.94. The van der Waals surface area contributed by atoms with Gasteiger partial charge in [0.25, 0.3) is 0 Å². The smallest absolute Gasteiger partial charge is 0.216 e. The van der Waals surface area contributed by atoms with E-state index in [1.807, 2.05) is 32.9 Å². The van der Waals surface area contributed by atoms with E-state index in [0.29, 0.717) is 25.6 Å². The molecule has 0 amide bonds. The first kappa shape index (κ1) is 20.8. The van der Waals surface area contributed by atoms with Crippen LogP contribution in [0.25, 0.3) is 0 Å². The number of nitrogens with zero attached hydrogens (tertiary/aromatic N) is 2. The minimum atomic E-state index is 0.150. The van der Waals surface area contributed by atoms with Gasteiger partial charge in [-0.3, -0.25) is 0 Å². The number of aryl methyl sites for hydroxylation is 2. The second kappa shape index (κ2) is 9.44. The van der Waals surface area contributed by atoms with Crippen molar-refractivity contribution >= 4 is 5.96 Å². The van der Waals surface area contributed by atoms with E-state index in [2.05, 4.69) is 53.5 Å². The number of oxazole rings is 1. The monoisotopic (exact) mass is 372 g/mol. The first-order valence-electron chi connectivity index (χ1n) is 9.48. The minimum Gasteiger partial charge on any atom is -0.492 e. The van der Waals surface area contributed by atoms with Crippen LogP contribution < -0.4 is 15.4 Å². The van der Waals surface area contributed by atoms with Gasteiger partial charge in [-0.05, 0) is 43.9 Å². The van der Waals surface area contributed by atoms with Crippen LogP contribution >= 0.6 is 0 Å². The lowest BCUT2D eigenvalue weighted by Crippen LogP contribution is -2.39. The Kier molecular flexibility index (Phi) is 7.28. The molecule has 1 heterocycles. The third kappa shape index (κ3) is 6.62. The van der Waals surface area contributed by atoms with Crippen LogP contribution in [-0.2, 0) is 12.0 Å². The predicted molar refractivity (Wildman–Crippen MR) is 109 cm³/mol. The van der Waals surface area contributed by atoms with Gasteiger partial charge in [0, 0.05) is 6.54 Å². The molecule has 0 aliphatic rings. The van der Waals surface area contributed by atoms with Gasteiger partial charge in [-0.1, -0.05) is 32.9 Å². The number of rotatable bonds is 7. The maximum Gasteiger partial charge on any atom is 0.216 e. The molecule has 2 rings (SSSR count). The molecule has 1 aromatic heterocycles. The van der Waals surface area contributed by atoms with E-state index in [0.717, 1.165) is 29.7 Å². The number of ether oxygens (including phenoxy) is 1. The molecular formula is C21H32N4O2. The van der Waals surface area contributed by atoms with Crippen LogP contribution in [0.15, 0.2) is 33.7 Å². The first-order chi connectivity index (χ1) is 12.8. The zero-order valence-corrected chi connectivity index (χ0v) is 17.3. The van der Waals surface area contributed by atoms with Gasteiger partial charge in [0.1, 0.15) is 24.7 Å². The molecule has 0 saturated heterocycles. The van der Waals surface area contributed by atoms with E-state index in [9.17, 15) is 0 Å². The molecule has 0 saturated carbocycles. The molecule has 148 valence electrons. The number of hydrogen-bond donors (Lipinski definition) is 2. The third-order valence-electron chi connectivity index (χ3n) is 4.17. The van der Waals surface area contributed by atoms with Gasteiger partial charge in [0.05, 0.1) is 12.2 Å². The second-order valence-corrected chi connectivity index (χ2v) is 7.49. The van der Waals surface area contributed by atoms with E-state index in [-0.39, 0.29) is 5.41 Å². The van der Waals surface area contributed by atoms with Crippen LogP contribution in [0, 0.1) is 13.8 Å². The van der Waals surface area contributed by atoms with Crippen molar-refractivity contribution in [2.45, 2.75) is 53.5 Å². The Morgan fingerprint density at radius 2 is 1.85 bits per heavy atom. The SMILES string of the molecule is CCNC(=NCc1nc(C)c(C)o1)NCCOc1ccc(C(C)(C)C)cc1. The van der Waals surface area contributed by atoms with Gasteiger partial charge in [-0.25, -0.2) is 9.98 Å². The van der Waals surface area contributed by atoms with Crippen molar-refractivity contribution in [3.63, 3.8) is 0 Å². The van der Waals surface area contributed by atoms with Crippen molar-refractivity contribution < 1.29 is 9.15 Å². The van der Waals surface area contributed by atoms with E-state index < -0.39 is 0 Å². The molecular weight excluding hydrogens is 340 g/mol. The van der Waals surface area contributed by atoms with Crippen LogP contribution in [0.1, 0.15) is 50.6 Å². The van der Waals surface area contributed by atoms with E-state index in [1.165, 1.54) is 5.56 Å². The first-order valence-corrected chi connectivity index (χ1v) is 9.48. The number of aromatic nitrogens is 1. The summed E-state index contributed by atoms with van der Waals surface area (Å²) in [5, 5.41) is 6.47. The summed E-state index contributed by atoms with van der Waals surface area (Å²) in [6, 6.07) is 8.28. The Balaban J connectivity index is 1.81. The zero-order chi connectivity index (χ0) is 19.9. The Morgan fingerprint density at radius 3 is 2.41 bits per heavy atom. The Morgan fingerprint density at radius 1 is 1.15 bits per heavy atom. The molecule has 0 atom stereocenters. The predicted octanol–water partition coefficient (Wildman–Crippen LogP) is 3.72. The van der Waals surface area contributed by atoms with Crippen LogP contribution in [0.3, 0.4) is 0 Å². The standard InChI is InChI=1S/C21H32N4O2/c1-7-22-20(24-14-19-25-15(2)16(3)27-19)23-12-13-26-18-10-8-17(9-11-18)21(4,5)6/h8-11H,7,12-14H2,1-6H3,(H2,22,23,24). The van der Waals surface area contributed by atoms with E-state index in [1.54, 1.807) is 0 Å². The fourth-order valence-corrected chi connectivity index (χ4v) is 2.48. The van der Waals surface area contributed by atoms with Gasteiger partial charge in [-0.2, -0.15) is 0 Å². The highest BCUT2D eigenvalue weighted by Gasteiger charge is 2.12. The number of benzene rings is 1. The minimum absolute atomic E-state index is 0.150. The highest BCUT2D eigenvalue weighted by atomic mass is 16.5. The van der Waals surface area contributed by atoms with E-state index in [4.69, 9.17) is 9.15 Å².